The normalized spacial score (nSPS) is 16.8. The van der Waals surface area contributed by atoms with Crippen LogP contribution in [0.3, 0.4) is 0 Å². The van der Waals surface area contributed by atoms with Gasteiger partial charge in [0.1, 0.15) is 0 Å². The molecular weight excluding hydrogens is 214 g/mol. The van der Waals surface area contributed by atoms with Crippen LogP contribution in [0.4, 0.5) is 0 Å². The minimum absolute atomic E-state index is 0.133. The van der Waals surface area contributed by atoms with Crippen LogP contribution in [0.5, 0.6) is 0 Å². The Morgan fingerprint density at radius 2 is 2.33 bits per heavy atom. The van der Waals surface area contributed by atoms with Gasteiger partial charge in [-0.25, -0.2) is 18.1 Å². The monoisotopic (exact) mass is 229 g/mol. The molecule has 2 rings (SSSR count). The highest BCUT2D eigenvalue weighted by Gasteiger charge is 2.21. The van der Waals surface area contributed by atoms with E-state index in [1.165, 1.54) is 25.4 Å². The van der Waals surface area contributed by atoms with E-state index in [0.717, 1.165) is 18.8 Å². The van der Waals surface area contributed by atoms with E-state index in [9.17, 15) is 8.42 Å². The van der Waals surface area contributed by atoms with Crippen molar-refractivity contribution in [3.8, 4) is 0 Å². The van der Waals surface area contributed by atoms with Crippen molar-refractivity contribution in [2.75, 3.05) is 6.54 Å². The second-order valence-corrected chi connectivity index (χ2v) is 5.63. The molecule has 0 aromatic carbocycles. The fourth-order valence-corrected chi connectivity index (χ4v) is 2.45. The maximum absolute atomic E-state index is 11.6. The summed E-state index contributed by atoms with van der Waals surface area (Å²) in [7, 11) is -3.36. The summed E-state index contributed by atoms with van der Waals surface area (Å²) in [6, 6.07) is 0. The number of aromatic amines is 1. The molecule has 1 aliphatic rings. The highest BCUT2D eigenvalue weighted by Crippen LogP contribution is 2.33. The van der Waals surface area contributed by atoms with Crippen molar-refractivity contribution in [2.24, 2.45) is 5.92 Å². The van der Waals surface area contributed by atoms with E-state index in [1.54, 1.807) is 0 Å². The lowest BCUT2D eigenvalue weighted by molar-refractivity contribution is 0.569. The van der Waals surface area contributed by atoms with E-state index in [0.29, 0.717) is 6.54 Å². The third-order valence-corrected chi connectivity index (χ3v) is 3.93. The van der Waals surface area contributed by atoms with Gasteiger partial charge in [0.2, 0.25) is 0 Å². The first-order valence-electron chi connectivity index (χ1n) is 5.16. The summed E-state index contributed by atoms with van der Waals surface area (Å²) in [6.45, 7) is 0.512. The molecule has 0 aliphatic heterocycles. The summed E-state index contributed by atoms with van der Waals surface area (Å²) in [5.74, 6) is 0.849. The zero-order chi connectivity index (χ0) is 10.7. The number of rotatable bonds is 6. The minimum atomic E-state index is -3.36. The number of hydrogen-bond acceptors (Lipinski definition) is 3. The van der Waals surface area contributed by atoms with Gasteiger partial charge >= 0.3 is 0 Å². The average Bonchev–Trinajstić information content (AvgIpc) is 2.83. The van der Waals surface area contributed by atoms with Gasteiger partial charge in [-0.3, -0.25) is 0 Å². The predicted octanol–water partition coefficient (Wildman–Crippen LogP) is 0.878. The summed E-state index contributed by atoms with van der Waals surface area (Å²) in [5.41, 5.74) is 0. The Morgan fingerprint density at radius 1 is 1.53 bits per heavy atom. The molecule has 1 aliphatic carbocycles. The molecule has 0 bridgehead atoms. The molecule has 1 fully saturated rings. The lowest BCUT2D eigenvalue weighted by Gasteiger charge is -2.03. The Hall–Kier alpha value is -0.880. The zero-order valence-electron chi connectivity index (χ0n) is 8.44. The van der Waals surface area contributed by atoms with Gasteiger partial charge in [0.15, 0.2) is 5.03 Å². The number of aromatic nitrogens is 2. The van der Waals surface area contributed by atoms with Crippen LogP contribution in [0.15, 0.2) is 17.6 Å². The minimum Gasteiger partial charge on any atom is -0.335 e. The Bertz CT molecular complexity index is 395. The quantitative estimate of drug-likeness (QED) is 0.711. The van der Waals surface area contributed by atoms with Crippen molar-refractivity contribution in [3.63, 3.8) is 0 Å². The highest BCUT2D eigenvalue weighted by atomic mass is 32.2. The van der Waals surface area contributed by atoms with E-state index in [1.807, 2.05) is 0 Å². The van der Waals surface area contributed by atoms with Crippen LogP contribution in [-0.2, 0) is 10.0 Å². The third kappa shape index (κ3) is 3.04. The summed E-state index contributed by atoms with van der Waals surface area (Å²) >= 11 is 0. The number of sulfonamides is 1. The van der Waals surface area contributed by atoms with E-state index in [-0.39, 0.29) is 5.03 Å². The molecule has 15 heavy (non-hydrogen) atoms. The largest absolute Gasteiger partial charge is 0.335 e. The molecule has 5 nitrogen and oxygen atoms in total. The maximum atomic E-state index is 11.6. The predicted molar refractivity (Wildman–Crippen MR) is 55.7 cm³/mol. The number of imidazole rings is 1. The van der Waals surface area contributed by atoms with Gasteiger partial charge < -0.3 is 4.98 Å². The van der Waals surface area contributed by atoms with Gasteiger partial charge in [0, 0.05) is 6.54 Å². The van der Waals surface area contributed by atoms with E-state index < -0.39 is 10.0 Å². The van der Waals surface area contributed by atoms with E-state index >= 15 is 0 Å². The van der Waals surface area contributed by atoms with Crippen LogP contribution in [0.25, 0.3) is 0 Å². The second-order valence-electron chi connectivity index (χ2n) is 3.90. The van der Waals surface area contributed by atoms with Gasteiger partial charge in [-0.2, -0.15) is 0 Å². The van der Waals surface area contributed by atoms with Gasteiger partial charge in [0.05, 0.1) is 12.5 Å². The molecule has 0 spiro atoms. The van der Waals surface area contributed by atoms with Crippen LogP contribution < -0.4 is 4.72 Å². The molecule has 0 amide bonds. The first kappa shape index (κ1) is 10.6. The lowest BCUT2D eigenvalue weighted by atomic mass is 10.2. The topological polar surface area (TPSA) is 74.8 Å². The summed E-state index contributed by atoms with van der Waals surface area (Å²) in [6.07, 6.45) is 7.34. The van der Waals surface area contributed by atoms with Crippen molar-refractivity contribution >= 4 is 10.0 Å². The second kappa shape index (κ2) is 4.32. The van der Waals surface area contributed by atoms with Crippen molar-refractivity contribution in [1.82, 2.24) is 14.7 Å². The van der Waals surface area contributed by atoms with Crippen molar-refractivity contribution in [2.45, 2.75) is 30.7 Å². The molecule has 1 aromatic heterocycles. The molecule has 1 aromatic rings. The van der Waals surface area contributed by atoms with Gasteiger partial charge in [-0.1, -0.05) is 12.8 Å². The SMILES string of the molecule is O=S(=O)(NCCCC1CC1)c1cnc[nH]1. The van der Waals surface area contributed by atoms with Crippen LogP contribution >= 0.6 is 0 Å². The first-order valence-corrected chi connectivity index (χ1v) is 6.65. The Morgan fingerprint density at radius 3 is 2.93 bits per heavy atom. The van der Waals surface area contributed by atoms with Gasteiger partial charge in [-0.05, 0) is 18.8 Å². The molecule has 0 radical (unpaired) electrons. The van der Waals surface area contributed by atoms with E-state index in [4.69, 9.17) is 0 Å². The van der Waals surface area contributed by atoms with Gasteiger partial charge in [0.25, 0.3) is 10.0 Å². The van der Waals surface area contributed by atoms with Crippen molar-refractivity contribution in [1.29, 1.82) is 0 Å². The molecular formula is C9H15N3O2S. The van der Waals surface area contributed by atoms with Crippen LogP contribution in [0, 0.1) is 5.92 Å². The number of hydrogen-bond donors (Lipinski definition) is 2. The van der Waals surface area contributed by atoms with E-state index in [2.05, 4.69) is 14.7 Å². The standard InChI is InChI=1S/C9H15N3O2S/c13-15(14,9-6-10-7-11-9)12-5-1-2-8-3-4-8/h6-8,12H,1-5H2,(H,10,11). The molecule has 6 heteroatoms. The first-order chi connectivity index (χ1) is 7.18. The van der Waals surface area contributed by atoms with Gasteiger partial charge in [-0.15, -0.1) is 0 Å². The number of nitrogens with zero attached hydrogens (tertiary/aromatic N) is 1. The molecule has 0 unspecified atom stereocenters. The van der Waals surface area contributed by atoms with Crippen molar-refractivity contribution < 1.29 is 8.42 Å². The molecule has 1 saturated carbocycles. The molecule has 84 valence electrons. The Kier molecular flexibility index (Phi) is 3.06. The third-order valence-electron chi connectivity index (χ3n) is 2.54. The molecule has 2 N–H and O–H groups in total. The summed E-state index contributed by atoms with van der Waals surface area (Å²) < 4.78 is 25.7. The summed E-state index contributed by atoms with van der Waals surface area (Å²) in [4.78, 5) is 6.26. The maximum Gasteiger partial charge on any atom is 0.257 e. The fourth-order valence-electron chi connectivity index (χ4n) is 1.47. The van der Waals surface area contributed by atoms with Crippen LogP contribution in [-0.4, -0.2) is 24.9 Å². The number of H-pyrrole nitrogens is 1. The van der Waals surface area contributed by atoms with Crippen molar-refractivity contribution in [3.05, 3.63) is 12.5 Å². The molecule has 1 heterocycles. The average molecular weight is 229 g/mol. The number of nitrogens with one attached hydrogen (secondary N) is 2. The van der Waals surface area contributed by atoms with Crippen LogP contribution in [0.1, 0.15) is 25.7 Å². The molecule has 0 atom stereocenters. The Balaban J connectivity index is 1.77. The highest BCUT2D eigenvalue weighted by molar-refractivity contribution is 7.89. The zero-order valence-corrected chi connectivity index (χ0v) is 9.26. The molecule has 0 saturated heterocycles. The lowest BCUT2D eigenvalue weighted by Crippen LogP contribution is -2.25. The fraction of sp³-hybridized carbons (Fsp3) is 0.667. The smallest absolute Gasteiger partial charge is 0.257 e. The van der Waals surface area contributed by atoms with Crippen LogP contribution in [0.2, 0.25) is 0 Å². The Labute approximate surface area is 89.4 Å². The summed E-state index contributed by atoms with van der Waals surface area (Å²) in [5, 5.41) is 0.133.